The van der Waals surface area contributed by atoms with E-state index < -0.39 is 28.9 Å². The van der Waals surface area contributed by atoms with Gasteiger partial charge in [0.05, 0.1) is 15.5 Å². The molecular weight excluding hydrogens is 378 g/mol. The highest BCUT2D eigenvalue weighted by Gasteiger charge is 2.28. The van der Waals surface area contributed by atoms with Crippen LogP contribution in [0.2, 0.25) is 5.02 Å². The zero-order valence-electron chi connectivity index (χ0n) is 14.0. The first-order chi connectivity index (χ1) is 12.8. The van der Waals surface area contributed by atoms with Gasteiger partial charge in [0, 0.05) is 24.7 Å². The van der Waals surface area contributed by atoms with Crippen LogP contribution in [-0.4, -0.2) is 29.9 Å². The number of non-ortho nitro benzene ring substituents is 1. The predicted molar refractivity (Wildman–Crippen MR) is 95.3 cm³/mol. The van der Waals surface area contributed by atoms with Gasteiger partial charge in [-0.1, -0.05) is 41.9 Å². The van der Waals surface area contributed by atoms with Gasteiger partial charge in [0.2, 0.25) is 6.10 Å². The van der Waals surface area contributed by atoms with E-state index >= 15 is 0 Å². The van der Waals surface area contributed by atoms with E-state index in [0.717, 1.165) is 18.2 Å². The Morgan fingerprint density at radius 2 is 1.81 bits per heavy atom. The zero-order valence-corrected chi connectivity index (χ0v) is 14.7. The number of nitrogens with one attached hydrogen (secondary N) is 2. The zero-order chi connectivity index (χ0) is 20.0. The molecule has 3 amide bonds. The van der Waals surface area contributed by atoms with Crippen LogP contribution in [0.15, 0.2) is 48.5 Å². The topological polar surface area (TPSA) is 128 Å². The Kier molecular flexibility index (Phi) is 6.45. The molecule has 0 aliphatic heterocycles. The van der Waals surface area contributed by atoms with Crippen LogP contribution in [0, 0.1) is 10.1 Å². The van der Waals surface area contributed by atoms with Crippen molar-refractivity contribution in [3.8, 4) is 0 Å². The number of benzene rings is 2. The van der Waals surface area contributed by atoms with Crippen molar-refractivity contribution in [2.75, 3.05) is 7.05 Å². The fraction of sp³-hybridized carbons (Fsp3) is 0.118. The summed E-state index contributed by atoms with van der Waals surface area (Å²) in [5, 5.41) is 14.8. The summed E-state index contributed by atoms with van der Waals surface area (Å²) in [7, 11) is 1.32. The highest BCUT2D eigenvalue weighted by molar-refractivity contribution is 6.33. The second kappa shape index (κ2) is 8.77. The minimum atomic E-state index is -1.43. The Balaban J connectivity index is 2.29. The molecule has 0 aromatic heterocycles. The smallest absolute Gasteiger partial charge is 0.340 e. The van der Waals surface area contributed by atoms with E-state index in [4.69, 9.17) is 16.3 Å². The van der Waals surface area contributed by atoms with Crippen molar-refractivity contribution in [2.45, 2.75) is 6.10 Å². The first-order valence-electron chi connectivity index (χ1n) is 7.56. The third-order valence-electron chi connectivity index (χ3n) is 3.41. The van der Waals surface area contributed by atoms with E-state index in [9.17, 15) is 24.5 Å². The van der Waals surface area contributed by atoms with Gasteiger partial charge < -0.3 is 10.1 Å². The van der Waals surface area contributed by atoms with Crippen LogP contribution in [0.25, 0.3) is 0 Å². The molecule has 27 heavy (non-hydrogen) atoms. The van der Waals surface area contributed by atoms with Crippen molar-refractivity contribution in [2.24, 2.45) is 0 Å². The fourth-order valence-electron chi connectivity index (χ4n) is 2.09. The summed E-state index contributed by atoms with van der Waals surface area (Å²) >= 11 is 5.91. The van der Waals surface area contributed by atoms with Gasteiger partial charge in [-0.3, -0.25) is 20.2 Å². The maximum atomic E-state index is 12.4. The SMILES string of the molecule is CNC(=O)NC(=O)[C@H](OC(=O)c1ccc([N+](=O)[O-])cc1Cl)c1ccccc1. The van der Waals surface area contributed by atoms with Crippen LogP contribution < -0.4 is 10.6 Å². The molecule has 0 unspecified atom stereocenters. The van der Waals surface area contributed by atoms with Crippen molar-refractivity contribution >= 4 is 35.2 Å². The van der Waals surface area contributed by atoms with E-state index in [1.165, 1.54) is 7.05 Å². The fourth-order valence-corrected chi connectivity index (χ4v) is 2.35. The summed E-state index contributed by atoms with van der Waals surface area (Å²) in [6, 6.07) is 10.5. The van der Waals surface area contributed by atoms with Gasteiger partial charge in [-0.25, -0.2) is 9.59 Å². The Bertz CT molecular complexity index is 887. The summed E-state index contributed by atoms with van der Waals surface area (Å²) in [6.07, 6.45) is -1.43. The molecule has 1 atom stereocenters. The van der Waals surface area contributed by atoms with Crippen molar-refractivity contribution in [1.82, 2.24) is 10.6 Å². The number of hydrogen-bond acceptors (Lipinski definition) is 6. The molecule has 2 aromatic rings. The first-order valence-corrected chi connectivity index (χ1v) is 7.93. The number of ether oxygens (including phenoxy) is 1. The summed E-state index contributed by atoms with van der Waals surface area (Å²) < 4.78 is 5.23. The Hall–Kier alpha value is -3.46. The van der Waals surface area contributed by atoms with Crippen LogP contribution in [0.1, 0.15) is 22.0 Å². The van der Waals surface area contributed by atoms with Crippen molar-refractivity contribution in [1.29, 1.82) is 0 Å². The lowest BCUT2D eigenvalue weighted by atomic mass is 10.1. The average Bonchev–Trinajstić information content (AvgIpc) is 2.66. The van der Waals surface area contributed by atoms with E-state index in [2.05, 4.69) is 5.32 Å². The normalized spacial score (nSPS) is 11.2. The second-order valence-electron chi connectivity index (χ2n) is 5.19. The maximum Gasteiger partial charge on any atom is 0.340 e. The lowest BCUT2D eigenvalue weighted by molar-refractivity contribution is -0.384. The minimum Gasteiger partial charge on any atom is -0.444 e. The summed E-state index contributed by atoms with van der Waals surface area (Å²) in [4.78, 5) is 46.3. The molecule has 0 heterocycles. The molecule has 0 bridgehead atoms. The number of esters is 1. The molecule has 0 saturated carbocycles. The quantitative estimate of drug-likeness (QED) is 0.458. The number of urea groups is 1. The molecule has 10 heteroatoms. The van der Waals surface area contributed by atoms with Crippen molar-refractivity contribution < 1.29 is 24.0 Å². The van der Waals surface area contributed by atoms with Crippen LogP contribution in [0.4, 0.5) is 10.5 Å². The highest BCUT2D eigenvalue weighted by Crippen LogP contribution is 2.26. The lowest BCUT2D eigenvalue weighted by Crippen LogP contribution is -2.41. The Labute approximate surface area is 158 Å². The molecular formula is C17H14ClN3O6. The van der Waals surface area contributed by atoms with Crippen LogP contribution in [0.5, 0.6) is 0 Å². The molecule has 0 aliphatic rings. The van der Waals surface area contributed by atoms with E-state index in [0.29, 0.717) is 5.56 Å². The molecule has 9 nitrogen and oxygen atoms in total. The third-order valence-corrected chi connectivity index (χ3v) is 3.73. The Morgan fingerprint density at radius 3 is 2.37 bits per heavy atom. The monoisotopic (exact) mass is 391 g/mol. The molecule has 140 valence electrons. The molecule has 0 saturated heterocycles. The molecule has 0 fully saturated rings. The summed E-state index contributed by atoms with van der Waals surface area (Å²) in [5.74, 6) is -1.84. The standard InChI is InChI=1S/C17H14ClN3O6/c1-19-17(24)20-15(22)14(10-5-3-2-4-6-10)27-16(23)12-8-7-11(21(25)26)9-13(12)18/h2-9,14H,1H3,(H2,19,20,22,24)/t14-/m1/s1. The van der Waals surface area contributed by atoms with Gasteiger partial charge in [-0.2, -0.15) is 0 Å². The summed E-state index contributed by atoms with van der Waals surface area (Å²) in [6.45, 7) is 0. The van der Waals surface area contributed by atoms with E-state index in [1.54, 1.807) is 30.3 Å². The maximum absolute atomic E-state index is 12.4. The number of rotatable bonds is 5. The molecule has 2 rings (SSSR count). The van der Waals surface area contributed by atoms with Gasteiger partial charge in [0.25, 0.3) is 11.6 Å². The van der Waals surface area contributed by atoms with Crippen molar-refractivity contribution in [3.05, 3.63) is 74.8 Å². The van der Waals surface area contributed by atoms with Gasteiger partial charge in [0.15, 0.2) is 0 Å². The summed E-state index contributed by atoms with van der Waals surface area (Å²) in [5.41, 5.74) is -0.130. The van der Waals surface area contributed by atoms with Crippen molar-refractivity contribution in [3.63, 3.8) is 0 Å². The number of nitrogens with zero attached hydrogens (tertiary/aromatic N) is 1. The number of nitro groups is 1. The average molecular weight is 392 g/mol. The van der Waals surface area contributed by atoms with Crippen LogP contribution in [-0.2, 0) is 9.53 Å². The number of hydrogen-bond donors (Lipinski definition) is 2. The number of amides is 3. The lowest BCUT2D eigenvalue weighted by Gasteiger charge is -2.17. The largest absolute Gasteiger partial charge is 0.444 e. The molecule has 0 spiro atoms. The highest BCUT2D eigenvalue weighted by atomic mass is 35.5. The predicted octanol–water partition coefficient (Wildman–Crippen LogP) is 2.60. The molecule has 0 radical (unpaired) electrons. The Morgan fingerprint density at radius 1 is 1.15 bits per heavy atom. The van der Waals surface area contributed by atoms with Crippen LogP contribution in [0.3, 0.4) is 0 Å². The van der Waals surface area contributed by atoms with E-state index in [-0.39, 0.29) is 16.3 Å². The third kappa shape index (κ3) is 5.02. The number of halogens is 1. The van der Waals surface area contributed by atoms with Gasteiger partial charge in [0.1, 0.15) is 0 Å². The number of nitro benzene ring substituents is 1. The first kappa shape index (κ1) is 19.9. The molecule has 2 aromatic carbocycles. The number of carbonyl (C=O) groups excluding carboxylic acids is 3. The van der Waals surface area contributed by atoms with Crippen LogP contribution >= 0.6 is 11.6 Å². The second-order valence-corrected chi connectivity index (χ2v) is 5.59. The van der Waals surface area contributed by atoms with Gasteiger partial charge in [-0.05, 0) is 6.07 Å². The van der Waals surface area contributed by atoms with Gasteiger partial charge >= 0.3 is 12.0 Å². The van der Waals surface area contributed by atoms with Gasteiger partial charge in [-0.15, -0.1) is 0 Å². The molecule has 0 aliphatic carbocycles. The number of carbonyl (C=O) groups is 3. The number of imide groups is 1. The minimum absolute atomic E-state index is 0.157. The molecule has 2 N–H and O–H groups in total. The van der Waals surface area contributed by atoms with E-state index in [1.807, 2.05) is 5.32 Å².